The lowest BCUT2D eigenvalue weighted by atomic mass is 10.0. The molecule has 0 saturated carbocycles. The Balaban J connectivity index is 2.49. The van der Waals surface area contributed by atoms with Crippen LogP contribution in [0.5, 0.6) is 0 Å². The molecule has 5 heteroatoms. The van der Waals surface area contributed by atoms with E-state index in [1.807, 2.05) is 25.1 Å². The number of hydrogen-bond donors (Lipinski definition) is 1. The molecule has 1 rings (SSSR count). The van der Waals surface area contributed by atoms with Gasteiger partial charge >= 0.3 is 6.18 Å². The molecule has 1 unspecified atom stereocenters. The van der Waals surface area contributed by atoms with Crippen molar-refractivity contribution in [1.82, 2.24) is 0 Å². The number of nitrogens with two attached hydrogens (primary N) is 1. The van der Waals surface area contributed by atoms with E-state index in [4.69, 9.17) is 5.73 Å². The van der Waals surface area contributed by atoms with E-state index in [1.54, 1.807) is 6.07 Å². The monoisotopic (exact) mass is 247 g/mol. The standard InChI is InChI=1S/C12H16F3NO/c1-2-9-4-3-5-10(6-9)11(16)7-17-8-12(13,14)15/h3-6,11H,2,7-8,16H2,1H3. The maximum Gasteiger partial charge on any atom is 0.411 e. The third-order valence-corrected chi connectivity index (χ3v) is 2.35. The highest BCUT2D eigenvalue weighted by molar-refractivity contribution is 5.25. The Hall–Kier alpha value is -1.07. The highest BCUT2D eigenvalue weighted by atomic mass is 19.4. The van der Waals surface area contributed by atoms with Crippen LogP contribution in [0.15, 0.2) is 24.3 Å². The number of benzene rings is 1. The van der Waals surface area contributed by atoms with Gasteiger partial charge in [-0.25, -0.2) is 0 Å². The van der Waals surface area contributed by atoms with E-state index in [0.717, 1.165) is 17.5 Å². The van der Waals surface area contributed by atoms with Gasteiger partial charge in [0, 0.05) is 0 Å². The summed E-state index contributed by atoms with van der Waals surface area (Å²) in [5.74, 6) is 0. The highest BCUT2D eigenvalue weighted by Crippen LogP contribution is 2.17. The second-order valence-corrected chi connectivity index (χ2v) is 3.84. The Morgan fingerprint density at radius 1 is 1.35 bits per heavy atom. The smallest absolute Gasteiger partial charge is 0.370 e. The molecule has 1 aromatic rings. The molecule has 1 aromatic carbocycles. The number of halogens is 3. The molecule has 2 N–H and O–H groups in total. The van der Waals surface area contributed by atoms with Gasteiger partial charge in [-0.3, -0.25) is 0 Å². The van der Waals surface area contributed by atoms with E-state index in [1.165, 1.54) is 0 Å². The number of hydrogen-bond acceptors (Lipinski definition) is 2. The summed E-state index contributed by atoms with van der Waals surface area (Å²) in [6.45, 7) is 0.617. The molecule has 0 spiro atoms. The Morgan fingerprint density at radius 3 is 2.65 bits per heavy atom. The van der Waals surface area contributed by atoms with E-state index in [0.29, 0.717) is 0 Å². The Morgan fingerprint density at radius 2 is 2.06 bits per heavy atom. The van der Waals surface area contributed by atoms with Gasteiger partial charge in [0.2, 0.25) is 0 Å². The maximum absolute atomic E-state index is 11.9. The third-order valence-electron chi connectivity index (χ3n) is 2.35. The van der Waals surface area contributed by atoms with Crippen molar-refractivity contribution in [1.29, 1.82) is 0 Å². The summed E-state index contributed by atoms with van der Waals surface area (Å²) < 4.78 is 40.1. The van der Waals surface area contributed by atoms with Crippen LogP contribution < -0.4 is 5.73 Å². The van der Waals surface area contributed by atoms with Crippen molar-refractivity contribution in [3.63, 3.8) is 0 Å². The number of alkyl halides is 3. The van der Waals surface area contributed by atoms with E-state index in [-0.39, 0.29) is 6.61 Å². The lowest BCUT2D eigenvalue weighted by Crippen LogP contribution is -2.23. The minimum atomic E-state index is -4.30. The zero-order valence-electron chi connectivity index (χ0n) is 9.63. The summed E-state index contributed by atoms with van der Waals surface area (Å²) in [4.78, 5) is 0. The van der Waals surface area contributed by atoms with Crippen LogP contribution in [0.3, 0.4) is 0 Å². The van der Waals surface area contributed by atoms with Crippen molar-refractivity contribution < 1.29 is 17.9 Å². The van der Waals surface area contributed by atoms with Crippen LogP contribution in [0.25, 0.3) is 0 Å². The maximum atomic E-state index is 11.9. The molecule has 17 heavy (non-hydrogen) atoms. The van der Waals surface area contributed by atoms with Crippen LogP contribution >= 0.6 is 0 Å². The first-order chi connectivity index (χ1) is 7.92. The van der Waals surface area contributed by atoms with Crippen molar-refractivity contribution in [3.05, 3.63) is 35.4 Å². The molecule has 0 amide bonds. The summed E-state index contributed by atoms with van der Waals surface area (Å²) in [5, 5.41) is 0. The topological polar surface area (TPSA) is 35.2 Å². The number of ether oxygens (including phenoxy) is 1. The minimum Gasteiger partial charge on any atom is -0.370 e. The van der Waals surface area contributed by atoms with E-state index < -0.39 is 18.8 Å². The van der Waals surface area contributed by atoms with Crippen LogP contribution in [0.2, 0.25) is 0 Å². The third kappa shape index (κ3) is 5.19. The zero-order chi connectivity index (χ0) is 12.9. The first kappa shape index (κ1) is 14.0. The van der Waals surface area contributed by atoms with Crippen molar-refractivity contribution >= 4 is 0 Å². The lowest BCUT2D eigenvalue weighted by molar-refractivity contribution is -0.174. The van der Waals surface area contributed by atoms with E-state index >= 15 is 0 Å². The van der Waals surface area contributed by atoms with Crippen molar-refractivity contribution in [2.45, 2.75) is 25.6 Å². The first-order valence-electron chi connectivity index (χ1n) is 5.41. The van der Waals surface area contributed by atoms with Gasteiger partial charge in [0.25, 0.3) is 0 Å². The molecule has 96 valence electrons. The molecule has 0 aliphatic heterocycles. The average Bonchev–Trinajstić information content (AvgIpc) is 2.27. The van der Waals surface area contributed by atoms with Crippen molar-refractivity contribution in [2.75, 3.05) is 13.2 Å². The summed E-state index contributed by atoms with van der Waals surface area (Å²) >= 11 is 0. The zero-order valence-corrected chi connectivity index (χ0v) is 9.63. The molecule has 0 radical (unpaired) electrons. The van der Waals surface area contributed by atoms with Crippen LogP contribution in [0.1, 0.15) is 24.1 Å². The van der Waals surface area contributed by atoms with Crippen LogP contribution in [-0.2, 0) is 11.2 Å². The van der Waals surface area contributed by atoms with Crippen LogP contribution in [0, 0.1) is 0 Å². The predicted octanol–water partition coefficient (Wildman–Crippen LogP) is 2.83. The molecular formula is C12H16F3NO. The summed E-state index contributed by atoms with van der Waals surface area (Å²) in [6, 6.07) is 6.95. The molecule has 0 heterocycles. The molecule has 0 aliphatic carbocycles. The van der Waals surface area contributed by atoms with Gasteiger partial charge in [0.15, 0.2) is 0 Å². The van der Waals surface area contributed by atoms with Gasteiger partial charge in [-0.1, -0.05) is 31.2 Å². The molecule has 0 fully saturated rings. The van der Waals surface area contributed by atoms with Gasteiger partial charge in [-0.2, -0.15) is 13.2 Å². The SMILES string of the molecule is CCc1cccc(C(N)COCC(F)(F)F)c1. The van der Waals surface area contributed by atoms with Crippen molar-refractivity contribution in [2.24, 2.45) is 5.73 Å². The largest absolute Gasteiger partial charge is 0.411 e. The molecule has 0 bridgehead atoms. The Labute approximate surface area is 98.6 Å². The van der Waals surface area contributed by atoms with Gasteiger partial charge in [-0.05, 0) is 17.5 Å². The second kappa shape index (κ2) is 6.02. The Kier molecular flexibility index (Phi) is 4.96. The van der Waals surface area contributed by atoms with E-state index in [2.05, 4.69) is 4.74 Å². The number of aryl methyl sites for hydroxylation is 1. The first-order valence-corrected chi connectivity index (χ1v) is 5.41. The molecule has 2 nitrogen and oxygen atoms in total. The molecule has 0 saturated heterocycles. The normalized spacial score (nSPS) is 13.7. The Bertz CT molecular complexity index is 352. The fourth-order valence-corrected chi connectivity index (χ4v) is 1.44. The fraction of sp³-hybridized carbons (Fsp3) is 0.500. The summed E-state index contributed by atoms with van der Waals surface area (Å²) in [5.41, 5.74) is 7.66. The fourth-order valence-electron chi connectivity index (χ4n) is 1.44. The van der Waals surface area contributed by atoms with Gasteiger partial charge < -0.3 is 10.5 Å². The van der Waals surface area contributed by atoms with Crippen molar-refractivity contribution in [3.8, 4) is 0 Å². The average molecular weight is 247 g/mol. The van der Waals surface area contributed by atoms with E-state index in [9.17, 15) is 13.2 Å². The summed E-state index contributed by atoms with van der Waals surface area (Å²) in [7, 11) is 0. The lowest BCUT2D eigenvalue weighted by Gasteiger charge is -2.14. The van der Waals surface area contributed by atoms with Crippen LogP contribution in [-0.4, -0.2) is 19.4 Å². The molecular weight excluding hydrogens is 231 g/mol. The number of rotatable bonds is 5. The summed E-state index contributed by atoms with van der Waals surface area (Å²) in [6.07, 6.45) is -3.44. The molecule has 0 aliphatic rings. The van der Waals surface area contributed by atoms with Gasteiger partial charge in [0.1, 0.15) is 6.61 Å². The van der Waals surface area contributed by atoms with Gasteiger partial charge in [-0.15, -0.1) is 0 Å². The minimum absolute atomic E-state index is 0.132. The van der Waals surface area contributed by atoms with Crippen LogP contribution in [0.4, 0.5) is 13.2 Å². The van der Waals surface area contributed by atoms with Gasteiger partial charge in [0.05, 0.1) is 12.6 Å². The molecule has 1 atom stereocenters. The highest BCUT2D eigenvalue weighted by Gasteiger charge is 2.27. The second-order valence-electron chi connectivity index (χ2n) is 3.84. The quantitative estimate of drug-likeness (QED) is 0.868. The molecule has 0 aromatic heterocycles. The predicted molar refractivity (Wildman–Crippen MR) is 59.6 cm³/mol.